The summed E-state index contributed by atoms with van der Waals surface area (Å²) < 4.78 is 0. The molecular weight excluding hydrogens is 222 g/mol. The van der Waals surface area contributed by atoms with Gasteiger partial charge >= 0.3 is 0 Å². The second kappa shape index (κ2) is 5.33. The third kappa shape index (κ3) is 2.18. The molecule has 2 aromatic rings. The van der Waals surface area contributed by atoms with E-state index in [1.54, 1.807) is 6.20 Å². The second-order valence-corrected chi connectivity index (χ2v) is 4.15. The minimum atomic E-state index is 0.302. The van der Waals surface area contributed by atoms with E-state index in [2.05, 4.69) is 18.0 Å². The standard InChI is InChI=1S/C15H15N3/c1-2-6-12-10-18-15(17)13(9-16)14(12)11-7-4-3-5-8-11/h3-5,7-8,10H,2,6H2,1H3,(H2,17,18). The zero-order chi connectivity index (χ0) is 13.0. The molecule has 0 spiro atoms. The van der Waals surface area contributed by atoms with Gasteiger partial charge in [-0.15, -0.1) is 0 Å². The Morgan fingerprint density at radius 1 is 1.28 bits per heavy atom. The van der Waals surface area contributed by atoms with Crippen LogP contribution in [0.15, 0.2) is 36.5 Å². The molecule has 0 aliphatic rings. The molecule has 0 saturated carbocycles. The van der Waals surface area contributed by atoms with Gasteiger partial charge in [-0.25, -0.2) is 4.98 Å². The molecule has 0 fully saturated rings. The first-order chi connectivity index (χ1) is 8.77. The third-order valence-corrected chi connectivity index (χ3v) is 2.88. The Bertz CT molecular complexity index is 583. The van der Waals surface area contributed by atoms with E-state index in [9.17, 15) is 5.26 Å². The van der Waals surface area contributed by atoms with Gasteiger partial charge in [-0.2, -0.15) is 5.26 Å². The number of nitrogens with zero attached hydrogens (tertiary/aromatic N) is 2. The van der Waals surface area contributed by atoms with Gasteiger partial charge in [0, 0.05) is 11.8 Å². The number of aryl methyl sites for hydroxylation is 1. The highest BCUT2D eigenvalue weighted by Gasteiger charge is 2.14. The summed E-state index contributed by atoms with van der Waals surface area (Å²) in [6, 6.07) is 12.0. The number of nitrogen functional groups attached to an aromatic ring is 1. The Kier molecular flexibility index (Phi) is 3.59. The molecule has 2 N–H and O–H groups in total. The van der Waals surface area contributed by atoms with Crippen LogP contribution in [-0.4, -0.2) is 4.98 Å². The molecule has 1 aromatic heterocycles. The van der Waals surface area contributed by atoms with Crippen molar-refractivity contribution in [1.82, 2.24) is 4.98 Å². The average Bonchev–Trinajstić information content (AvgIpc) is 2.41. The van der Waals surface area contributed by atoms with E-state index in [1.807, 2.05) is 30.3 Å². The zero-order valence-corrected chi connectivity index (χ0v) is 10.4. The molecule has 0 radical (unpaired) electrons. The van der Waals surface area contributed by atoms with Crippen molar-refractivity contribution >= 4 is 5.82 Å². The van der Waals surface area contributed by atoms with Gasteiger partial charge in [0.15, 0.2) is 0 Å². The van der Waals surface area contributed by atoms with Crippen LogP contribution in [0, 0.1) is 11.3 Å². The fourth-order valence-electron chi connectivity index (χ4n) is 2.07. The summed E-state index contributed by atoms with van der Waals surface area (Å²) in [5.74, 6) is 0.302. The molecule has 18 heavy (non-hydrogen) atoms. The molecule has 0 saturated heterocycles. The Hall–Kier alpha value is -2.34. The fourth-order valence-corrected chi connectivity index (χ4v) is 2.07. The smallest absolute Gasteiger partial charge is 0.141 e. The number of aromatic nitrogens is 1. The lowest BCUT2D eigenvalue weighted by atomic mass is 9.94. The maximum atomic E-state index is 9.28. The van der Waals surface area contributed by atoms with Crippen LogP contribution in [0.2, 0.25) is 0 Å². The van der Waals surface area contributed by atoms with E-state index in [-0.39, 0.29) is 0 Å². The van der Waals surface area contributed by atoms with Crippen LogP contribution in [0.25, 0.3) is 11.1 Å². The van der Waals surface area contributed by atoms with Gasteiger partial charge in [0.1, 0.15) is 17.5 Å². The normalized spacial score (nSPS) is 10.0. The number of rotatable bonds is 3. The zero-order valence-electron chi connectivity index (χ0n) is 10.4. The predicted octanol–water partition coefficient (Wildman–Crippen LogP) is 3.15. The maximum absolute atomic E-state index is 9.28. The number of anilines is 1. The Morgan fingerprint density at radius 3 is 2.61 bits per heavy atom. The average molecular weight is 237 g/mol. The summed E-state index contributed by atoms with van der Waals surface area (Å²) in [5, 5.41) is 9.28. The van der Waals surface area contributed by atoms with E-state index >= 15 is 0 Å². The largest absolute Gasteiger partial charge is 0.383 e. The van der Waals surface area contributed by atoms with Gasteiger partial charge < -0.3 is 5.73 Å². The highest BCUT2D eigenvalue weighted by atomic mass is 14.8. The summed E-state index contributed by atoms with van der Waals surface area (Å²) in [5.41, 5.74) is 9.30. The first-order valence-corrected chi connectivity index (χ1v) is 6.00. The molecule has 1 aromatic carbocycles. The molecule has 0 bridgehead atoms. The van der Waals surface area contributed by atoms with Crippen LogP contribution in [0.5, 0.6) is 0 Å². The van der Waals surface area contributed by atoms with Gasteiger partial charge in [0.05, 0.1) is 0 Å². The van der Waals surface area contributed by atoms with Crippen LogP contribution in [0.4, 0.5) is 5.82 Å². The molecule has 0 unspecified atom stereocenters. The van der Waals surface area contributed by atoms with E-state index < -0.39 is 0 Å². The van der Waals surface area contributed by atoms with Crippen LogP contribution in [0.3, 0.4) is 0 Å². The topological polar surface area (TPSA) is 62.7 Å². The number of nitriles is 1. The highest BCUT2D eigenvalue weighted by Crippen LogP contribution is 2.30. The van der Waals surface area contributed by atoms with E-state index in [1.165, 1.54) is 0 Å². The SMILES string of the molecule is CCCc1cnc(N)c(C#N)c1-c1ccccc1. The molecule has 0 atom stereocenters. The molecule has 2 rings (SSSR count). The fraction of sp³-hybridized carbons (Fsp3) is 0.200. The van der Waals surface area contributed by atoms with Crippen LogP contribution in [-0.2, 0) is 6.42 Å². The minimum Gasteiger partial charge on any atom is -0.383 e. The number of hydrogen-bond acceptors (Lipinski definition) is 3. The summed E-state index contributed by atoms with van der Waals surface area (Å²) in [6.45, 7) is 2.11. The van der Waals surface area contributed by atoms with Gasteiger partial charge in [0.25, 0.3) is 0 Å². The monoisotopic (exact) mass is 237 g/mol. The number of hydrogen-bond donors (Lipinski definition) is 1. The quantitative estimate of drug-likeness (QED) is 0.891. The lowest BCUT2D eigenvalue weighted by Gasteiger charge is -2.12. The van der Waals surface area contributed by atoms with E-state index in [0.717, 1.165) is 29.5 Å². The number of pyridine rings is 1. The van der Waals surface area contributed by atoms with E-state index in [4.69, 9.17) is 5.73 Å². The van der Waals surface area contributed by atoms with Crippen LogP contribution >= 0.6 is 0 Å². The Morgan fingerprint density at radius 2 is 2.00 bits per heavy atom. The van der Waals surface area contributed by atoms with Crippen LogP contribution in [0.1, 0.15) is 24.5 Å². The molecule has 0 amide bonds. The molecule has 0 aliphatic carbocycles. The lowest BCUT2D eigenvalue weighted by Crippen LogP contribution is -2.01. The van der Waals surface area contributed by atoms with Crippen molar-refractivity contribution in [3.05, 3.63) is 47.7 Å². The summed E-state index contributed by atoms with van der Waals surface area (Å²) in [4.78, 5) is 4.11. The van der Waals surface area contributed by atoms with Gasteiger partial charge in [0.2, 0.25) is 0 Å². The maximum Gasteiger partial charge on any atom is 0.141 e. The van der Waals surface area contributed by atoms with Gasteiger partial charge in [-0.05, 0) is 17.5 Å². The molecule has 1 heterocycles. The van der Waals surface area contributed by atoms with Crippen LogP contribution < -0.4 is 5.73 Å². The van der Waals surface area contributed by atoms with Crippen molar-refractivity contribution in [3.63, 3.8) is 0 Å². The van der Waals surface area contributed by atoms with Crippen molar-refractivity contribution in [2.24, 2.45) is 0 Å². The first-order valence-electron chi connectivity index (χ1n) is 6.00. The number of nitrogens with two attached hydrogens (primary N) is 1. The Labute approximate surface area is 107 Å². The van der Waals surface area contributed by atoms with Crippen molar-refractivity contribution in [3.8, 4) is 17.2 Å². The van der Waals surface area contributed by atoms with Crippen molar-refractivity contribution in [2.45, 2.75) is 19.8 Å². The molecule has 90 valence electrons. The highest BCUT2D eigenvalue weighted by molar-refractivity contribution is 5.77. The van der Waals surface area contributed by atoms with Crippen molar-refractivity contribution in [2.75, 3.05) is 5.73 Å². The Balaban J connectivity index is 2.69. The molecule has 3 heteroatoms. The van der Waals surface area contributed by atoms with Crippen molar-refractivity contribution in [1.29, 1.82) is 5.26 Å². The lowest BCUT2D eigenvalue weighted by molar-refractivity contribution is 0.915. The second-order valence-electron chi connectivity index (χ2n) is 4.15. The van der Waals surface area contributed by atoms with Crippen molar-refractivity contribution < 1.29 is 0 Å². The minimum absolute atomic E-state index is 0.302. The summed E-state index contributed by atoms with van der Waals surface area (Å²) in [6.07, 6.45) is 3.69. The summed E-state index contributed by atoms with van der Waals surface area (Å²) in [7, 11) is 0. The third-order valence-electron chi connectivity index (χ3n) is 2.88. The van der Waals surface area contributed by atoms with E-state index in [0.29, 0.717) is 11.4 Å². The first kappa shape index (κ1) is 12.1. The molecule has 3 nitrogen and oxygen atoms in total. The predicted molar refractivity (Wildman–Crippen MR) is 72.8 cm³/mol. The van der Waals surface area contributed by atoms with Gasteiger partial charge in [-0.3, -0.25) is 0 Å². The van der Waals surface area contributed by atoms with Gasteiger partial charge in [-0.1, -0.05) is 43.7 Å². The molecule has 0 aliphatic heterocycles. The number of benzene rings is 1. The molecular formula is C15H15N3. The summed E-state index contributed by atoms with van der Waals surface area (Å²) >= 11 is 0.